The van der Waals surface area contributed by atoms with Gasteiger partial charge in [-0.2, -0.15) is 0 Å². The lowest BCUT2D eigenvalue weighted by atomic mass is 10.1. The van der Waals surface area contributed by atoms with Gasteiger partial charge in [-0.15, -0.1) is 0 Å². The largest absolute Gasteiger partial charge is 0.213 e. The molecule has 2 fully saturated rings. The third-order valence-corrected chi connectivity index (χ3v) is 4.79. The summed E-state index contributed by atoms with van der Waals surface area (Å²) in [6.07, 6.45) is 1.30. The molecule has 1 saturated heterocycles. The predicted octanol–water partition coefficient (Wildman–Crippen LogP) is 0.534. The van der Waals surface area contributed by atoms with Crippen molar-refractivity contribution in [2.75, 3.05) is 19.3 Å². The molecular formula is C8H15NO2S. The third kappa shape index (κ3) is 1.01. The second-order valence-corrected chi connectivity index (χ2v) is 6.60. The molecule has 4 heteroatoms. The van der Waals surface area contributed by atoms with Crippen LogP contribution in [-0.4, -0.2) is 32.1 Å². The quantitative estimate of drug-likeness (QED) is 0.603. The highest BCUT2D eigenvalue weighted by molar-refractivity contribution is 7.88. The summed E-state index contributed by atoms with van der Waals surface area (Å²) in [6.45, 7) is 5.94. The van der Waals surface area contributed by atoms with Crippen LogP contribution < -0.4 is 0 Å². The molecule has 2 unspecified atom stereocenters. The van der Waals surface area contributed by atoms with E-state index in [2.05, 4.69) is 13.8 Å². The number of fused-ring (bicyclic) bond motifs is 1. The number of hydrogen-bond acceptors (Lipinski definition) is 2. The van der Waals surface area contributed by atoms with Crippen LogP contribution in [0.3, 0.4) is 0 Å². The molecule has 2 atom stereocenters. The van der Waals surface area contributed by atoms with Crippen molar-refractivity contribution in [1.82, 2.24) is 4.31 Å². The molecule has 0 N–H and O–H groups in total. The Morgan fingerprint density at radius 3 is 2.00 bits per heavy atom. The van der Waals surface area contributed by atoms with E-state index in [4.69, 9.17) is 0 Å². The zero-order valence-electron chi connectivity index (χ0n) is 7.74. The highest BCUT2D eigenvalue weighted by atomic mass is 32.2. The van der Waals surface area contributed by atoms with Gasteiger partial charge in [0, 0.05) is 13.1 Å². The summed E-state index contributed by atoms with van der Waals surface area (Å²) in [4.78, 5) is 0. The molecule has 70 valence electrons. The molecule has 0 aromatic heterocycles. The van der Waals surface area contributed by atoms with E-state index < -0.39 is 10.0 Å². The first kappa shape index (κ1) is 8.51. The van der Waals surface area contributed by atoms with E-state index >= 15 is 0 Å². The normalized spacial score (nSPS) is 39.6. The summed E-state index contributed by atoms with van der Waals surface area (Å²) in [7, 11) is -2.92. The average molecular weight is 189 g/mol. The topological polar surface area (TPSA) is 37.4 Å². The molecule has 3 nitrogen and oxygen atoms in total. The van der Waals surface area contributed by atoms with Crippen molar-refractivity contribution in [3.8, 4) is 0 Å². The molecule has 0 aromatic carbocycles. The van der Waals surface area contributed by atoms with Crippen molar-refractivity contribution < 1.29 is 8.42 Å². The van der Waals surface area contributed by atoms with Gasteiger partial charge in [-0.3, -0.25) is 0 Å². The minimum Gasteiger partial charge on any atom is -0.213 e. The minimum atomic E-state index is -2.92. The van der Waals surface area contributed by atoms with Gasteiger partial charge in [0.2, 0.25) is 10.0 Å². The minimum absolute atomic E-state index is 0.404. The Morgan fingerprint density at radius 1 is 1.25 bits per heavy atom. The maximum absolute atomic E-state index is 11.1. The molecule has 1 saturated carbocycles. The van der Waals surface area contributed by atoms with Crippen molar-refractivity contribution in [2.24, 2.45) is 17.3 Å². The molecule has 0 radical (unpaired) electrons. The highest BCUT2D eigenvalue weighted by Crippen LogP contribution is 2.62. The standard InChI is InChI=1S/C8H15NO2S/c1-8(2)6-4-9(5-7(6)8)12(3,10)11/h6-7H,4-5H2,1-3H3. The molecule has 1 aliphatic carbocycles. The van der Waals surface area contributed by atoms with Crippen LogP contribution in [0.5, 0.6) is 0 Å². The van der Waals surface area contributed by atoms with Crippen molar-refractivity contribution in [3.05, 3.63) is 0 Å². The number of hydrogen-bond donors (Lipinski definition) is 0. The van der Waals surface area contributed by atoms with Crippen molar-refractivity contribution in [1.29, 1.82) is 0 Å². The SMILES string of the molecule is CC1(C)C2CN(S(C)(=O)=O)CC21. The van der Waals surface area contributed by atoms with Gasteiger partial charge in [0.15, 0.2) is 0 Å². The fraction of sp³-hybridized carbons (Fsp3) is 1.00. The molecule has 0 amide bonds. The first-order valence-electron chi connectivity index (χ1n) is 4.28. The van der Waals surface area contributed by atoms with E-state index in [0.717, 1.165) is 13.1 Å². The van der Waals surface area contributed by atoms with Crippen LogP contribution in [0.25, 0.3) is 0 Å². The lowest BCUT2D eigenvalue weighted by Gasteiger charge is -2.18. The Morgan fingerprint density at radius 2 is 1.67 bits per heavy atom. The van der Waals surface area contributed by atoms with E-state index in [9.17, 15) is 8.42 Å². The summed E-state index contributed by atoms with van der Waals surface area (Å²) < 4.78 is 23.9. The first-order chi connectivity index (χ1) is 5.33. The molecular weight excluding hydrogens is 174 g/mol. The zero-order chi connectivity index (χ0) is 9.15. The summed E-state index contributed by atoms with van der Waals surface area (Å²) in [5, 5.41) is 0. The lowest BCUT2D eigenvalue weighted by Crippen LogP contribution is -2.31. The van der Waals surface area contributed by atoms with E-state index in [1.54, 1.807) is 4.31 Å². The molecule has 2 aliphatic rings. The summed E-state index contributed by atoms with van der Waals surface area (Å²) in [5.74, 6) is 1.24. The fourth-order valence-electron chi connectivity index (χ4n) is 2.37. The van der Waals surface area contributed by atoms with Crippen LogP contribution in [0.2, 0.25) is 0 Å². The number of rotatable bonds is 1. The molecule has 0 spiro atoms. The van der Waals surface area contributed by atoms with Gasteiger partial charge >= 0.3 is 0 Å². The van der Waals surface area contributed by atoms with Crippen molar-refractivity contribution in [3.63, 3.8) is 0 Å². The average Bonchev–Trinajstić information content (AvgIpc) is 2.31. The second-order valence-electron chi connectivity index (χ2n) is 4.61. The van der Waals surface area contributed by atoms with Crippen LogP contribution in [0.15, 0.2) is 0 Å². The van der Waals surface area contributed by atoms with E-state index in [-0.39, 0.29) is 0 Å². The summed E-state index contributed by atoms with van der Waals surface area (Å²) in [6, 6.07) is 0. The van der Waals surface area contributed by atoms with Gasteiger partial charge in [-0.25, -0.2) is 12.7 Å². The van der Waals surface area contributed by atoms with Crippen LogP contribution >= 0.6 is 0 Å². The fourth-order valence-corrected chi connectivity index (χ4v) is 3.23. The van der Waals surface area contributed by atoms with Crippen LogP contribution in [0.1, 0.15) is 13.8 Å². The zero-order valence-corrected chi connectivity index (χ0v) is 8.56. The molecule has 0 bridgehead atoms. The maximum Gasteiger partial charge on any atom is 0.211 e. The molecule has 1 heterocycles. The van der Waals surface area contributed by atoms with Crippen LogP contribution in [-0.2, 0) is 10.0 Å². The van der Waals surface area contributed by atoms with Crippen molar-refractivity contribution in [2.45, 2.75) is 13.8 Å². The Bertz CT molecular complexity index is 293. The van der Waals surface area contributed by atoms with Gasteiger partial charge in [-0.05, 0) is 17.3 Å². The van der Waals surface area contributed by atoms with Crippen molar-refractivity contribution >= 4 is 10.0 Å². The molecule has 2 rings (SSSR count). The summed E-state index contributed by atoms with van der Waals surface area (Å²) in [5.41, 5.74) is 0.404. The van der Waals surface area contributed by atoms with E-state index in [0.29, 0.717) is 17.3 Å². The number of nitrogens with zero attached hydrogens (tertiary/aromatic N) is 1. The van der Waals surface area contributed by atoms with Gasteiger partial charge in [-0.1, -0.05) is 13.8 Å². The number of sulfonamides is 1. The Balaban J connectivity index is 2.08. The van der Waals surface area contributed by atoms with Gasteiger partial charge in [0.05, 0.1) is 6.26 Å². The Labute approximate surface area is 73.8 Å². The van der Waals surface area contributed by atoms with E-state index in [1.165, 1.54) is 6.26 Å². The number of piperidine rings is 1. The van der Waals surface area contributed by atoms with Gasteiger partial charge in [0.1, 0.15) is 0 Å². The highest BCUT2D eigenvalue weighted by Gasteiger charge is 2.63. The smallest absolute Gasteiger partial charge is 0.211 e. The Kier molecular flexibility index (Phi) is 1.45. The van der Waals surface area contributed by atoms with Crippen LogP contribution in [0, 0.1) is 17.3 Å². The third-order valence-electron chi connectivity index (χ3n) is 3.56. The lowest BCUT2D eigenvalue weighted by molar-refractivity contribution is 0.366. The second kappa shape index (κ2) is 2.04. The van der Waals surface area contributed by atoms with Gasteiger partial charge < -0.3 is 0 Å². The summed E-state index contributed by atoms with van der Waals surface area (Å²) >= 11 is 0. The maximum atomic E-state index is 11.1. The van der Waals surface area contributed by atoms with Crippen LogP contribution in [0.4, 0.5) is 0 Å². The monoisotopic (exact) mass is 189 g/mol. The molecule has 0 aromatic rings. The van der Waals surface area contributed by atoms with E-state index in [1.807, 2.05) is 0 Å². The Hall–Kier alpha value is -0.0900. The first-order valence-corrected chi connectivity index (χ1v) is 6.13. The molecule has 1 aliphatic heterocycles. The van der Waals surface area contributed by atoms with Gasteiger partial charge in [0.25, 0.3) is 0 Å². The predicted molar refractivity (Wildman–Crippen MR) is 47.2 cm³/mol. The molecule has 12 heavy (non-hydrogen) atoms.